The number of rotatable bonds is 2. The highest BCUT2D eigenvalue weighted by Crippen LogP contribution is 1.94. The van der Waals surface area contributed by atoms with Crippen LogP contribution in [-0.4, -0.2) is 24.2 Å². The first-order valence-electron chi connectivity index (χ1n) is 3.87. The van der Waals surface area contributed by atoms with Gasteiger partial charge < -0.3 is 5.73 Å². The van der Waals surface area contributed by atoms with E-state index in [1.807, 2.05) is 30.3 Å². The Morgan fingerprint density at radius 1 is 1.43 bits per heavy atom. The molecule has 0 fully saturated rings. The van der Waals surface area contributed by atoms with Crippen molar-refractivity contribution in [3.8, 4) is 0 Å². The van der Waals surface area contributed by atoms with Crippen LogP contribution in [0.25, 0.3) is 0 Å². The minimum absolute atomic E-state index is 0. The molecule has 0 aliphatic heterocycles. The molecule has 5 heteroatoms. The molecule has 0 unspecified atom stereocenters. The van der Waals surface area contributed by atoms with E-state index in [1.54, 1.807) is 13.3 Å². The second-order valence-corrected chi connectivity index (χ2v) is 2.56. The zero-order valence-electron chi connectivity index (χ0n) is 7.84. The molecule has 76 valence electrons. The summed E-state index contributed by atoms with van der Waals surface area (Å²) in [4.78, 5) is 0. The van der Waals surface area contributed by atoms with Crippen LogP contribution in [0.2, 0.25) is 0 Å². The van der Waals surface area contributed by atoms with E-state index in [9.17, 15) is 0 Å². The van der Waals surface area contributed by atoms with E-state index in [4.69, 9.17) is 11.1 Å². The highest BCUT2D eigenvalue weighted by molar-refractivity contribution is 14.0. The molecule has 0 bridgehead atoms. The summed E-state index contributed by atoms with van der Waals surface area (Å²) in [6.45, 7) is 0. The van der Waals surface area contributed by atoms with Crippen LogP contribution in [0.4, 0.5) is 0 Å². The molecule has 0 heterocycles. The molecule has 0 amide bonds. The van der Waals surface area contributed by atoms with Gasteiger partial charge in [0.2, 0.25) is 5.96 Å². The van der Waals surface area contributed by atoms with Gasteiger partial charge in [0.1, 0.15) is 0 Å². The molecule has 4 nitrogen and oxygen atoms in total. The van der Waals surface area contributed by atoms with Crippen molar-refractivity contribution in [2.75, 3.05) is 7.05 Å². The molecule has 1 aromatic rings. The van der Waals surface area contributed by atoms with Crippen LogP contribution < -0.4 is 5.73 Å². The number of benzene rings is 1. The Morgan fingerprint density at radius 3 is 2.50 bits per heavy atom. The molecule has 0 radical (unpaired) electrons. The fourth-order valence-electron chi connectivity index (χ4n) is 0.755. The third-order valence-corrected chi connectivity index (χ3v) is 1.53. The fourth-order valence-corrected chi connectivity index (χ4v) is 0.755. The van der Waals surface area contributed by atoms with Gasteiger partial charge in [0, 0.05) is 7.05 Å². The molecule has 0 aromatic heterocycles. The maximum absolute atomic E-state index is 7.06. The number of guanidine groups is 1. The summed E-state index contributed by atoms with van der Waals surface area (Å²) < 4.78 is 0. The van der Waals surface area contributed by atoms with Crippen LogP contribution in [0.1, 0.15) is 5.56 Å². The first kappa shape index (κ1) is 12.9. The number of hydrogen-bond acceptors (Lipinski definition) is 2. The number of nitrogens with zero attached hydrogens (tertiary/aromatic N) is 2. The number of hydrogen-bond donors (Lipinski definition) is 2. The van der Waals surface area contributed by atoms with Crippen molar-refractivity contribution in [2.45, 2.75) is 0 Å². The van der Waals surface area contributed by atoms with E-state index in [0.29, 0.717) is 0 Å². The Balaban J connectivity index is 0.00000169. The van der Waals surface area contributed by atoms with Crippen molar-refractivity contribution in [3.63, 3.8) is 0 Å². The van der Waals surface area contributed by atoms with Gasteiger partial charge >= 0.3 is 0 Å². The molecule has 0 spiro atoms. The molecule has 14 heavy (non-hydrogen) atoms. The number of hydrazone groups is 1. The molecule has 3 N–H and O–H groups in total. The summed E-state index contributed by atoms with van der Waals surface area (Å²) in [6, 6.07) is 9.64. The van der Waals surface area contributed by atoms with Gasteiger partial charge in [-0.15, -0.1) is 24.0 Å². The minimum Gasteiger partial charge on any atom is -0.369 e. The van der Waals surface area contributed by atoms with Crippen LogP contribution in [0.3, 0.4) is 0 Å². The zero-order chi connectivity index (χ0) is 9.68. The third-order valence-electron chi connectivity index (χ3n) is 1.53. The van der Waals surface area contributed by atoms with Crippen molar-refractivity contribution in [1.82, 2.24) is 5.01 Å². The SMILES string of the molecule is CN(N=Cc1ccccc1)C(=N)N.I. The Kier molecular flexibility index (Phi) is 5.86. The third kappa shape index (κ3) is 4.22. The second-order valence-electron chi connectivity index (χ2n) is 2.56. The average molecular weight is 304 g/mol. The molecular formula is C9H13IN4. The van der Waals surface area contributed by atoms with Gasteiger partial charge in [-0.3, -0.25) is 5.41 Å². The van der Waals surface area contributed by atoms with Crippen molar-refractivity contribution < 1.29 is 0 Å². The molecule has 1 aromatic carbocycles. The van der Waals surface area contributed by atoms with Gasteiger partial charge in [0.25, 0.3) is 0 Å². The molecule has 1 rings (SSSR count). The second kappa shape index (κ2) is 6.36. The monoisotopic (exact) mass is 304 g/mol. The molecular weight excluding hydrogens is 291 g/mol. The summed E-state index contributed by atoms with van der Waals surface area (Å²) >= 11 is 0. The van der Waals surface area contributed by atoms with Crippen LogP contribution in [0.15, 0.2) is 35.4 Å². The van der Waals surface area contributed by atoms with Gasteiger partial charge in [0.05, 0.1) is 6.21 Å². The Morgan fingerprint density at radius 2 is 2.00 bits per heavy atom. The first-order chi connectivity index (χ1) is 6.20. The molecule has 0 aliphatic rings. The van der Waals surface area contributed by atoms with Gasteiger partial charge in [-0.2, -0.15) is 5.10 Å². The lowest BCUT2D eigenvalue weighted by Crippen LogP contribution is -2.28. The standard InChI is InChI=1S/C9H12N4.HI/c1-13(9(10)11)12-7-8-5-3-2-4-6-8;/h2-7H,1H3,(H3,10,11);1H. The lowest BCUT2D eigenvalue weighted by atomic mass is 10.2. The summed E-state index contributed by atoms with van der Waals surface area (Å²) in [6.07, 6.45) is 1.65. The van der Waals surface area contributed by atoms with Crippen LogP contribution in [0, 0.1) is 5.41 Å². The first-order valence-corrected chi connectivity index (χ1v) is 3.87. The van der Waals surface area contributed by atoms with E-state index >= 15 is 0 Å². The number of halogens is 1. The summed E-state index contributed by atoms with van der Waals surface area (Å²) in [5, 5.41) is 12.3. The van der Waals surface area contributed by atoms with Crippen molar-refractivity contribution in [3.05, 3.63) is 35.9 Å². The minimum atomic E-state index is -0.0767. The number of nitrogens with two attached hydrogens (primary N) is 1. The van der Waals surface area contributed by atoms with E-state index in [2.05, 4.69) is 5.10 Å². The molecule has 0 aliphatic carbocycles. The number of nitrogens with one attached hydrogen (secondary N) is 1. The lowest BCUT2D eigenvalue weighted by molar-refractivity contribution is 0.536. The largest absolute Gasteiger partial charge is 0.369 e. The quantitative estimate of drug-likeness (QED) is 0.376. The fraction of sp³-hybridized carbons (Fsp3) is 0.111. The predicted molar refractivity (Wildman–Crippen MR) is 69.1 cm³/mol. The van der Waals surface area contributed by atoms with Gasteiger partial charge in [0.15, 0.2) is 0 Å². The Bertz CT molecular complexity index is 310. The molecule has 0 saturated carbocycles. The lowest BCUT2D eigenvalue weighted by Gasteiger charge is -2.07. The normalized spacial score (nSPS) is 9.50. The van der Waals surface area contributed by atoms with Gasteiger partial charge in [-0.05, 0) is 5.56 Å². The van der Waals surface area contributed by atoms with Gasteiger partial charge in [-0.25, -0.2) is 5.01 Å². The van der Waals surface area contributed by atoms with Crippen molar-refractivity contribution in [1.29, 1.82) is 5.41 Å². The molecule has 0 saturated heterocycles. The summed E-state index contributed by atoms with van der Waals surface area (Å²) in [5.74, 6) is -0.0767. The van der Waals surface area contributed by atoms with Gasteiger partial charge in [-0.1, -0.05) is 30.3 Å². The van der Waals surface area contributed by atoms with Crippen LogP contribution in [-0.2, 0) is 0 Å². The predicted octanol–water partition coefficient (Wildman–Crippen LogP) is 1.46. The van der Waals surface area contributed by atoms with Crippen LogP contribution in [0.5, 0.6) is 0 Å². The van der Waals surface area contributed by atoms with Crippen molar-refractivity contribution >= 4 is 36.2 Å². The maximum Gasteiger partial charge on any atom is 0.208 e. The Labute approximate surface area is 100 Å². The van der Waals surface area contributed by atoms with E-state index < -0.39 is 0 Å². The van der Waals surface area contributed by atoms with Crippen LogP contribution >= 0.6 is 24.0 Å². The zero-order valence-corrected chi connectivity index (χ0v) is 10.2. The maximum atomic E-state index is 7.06. The average Bonchev–Trinajstić information content (AvgIpc) is 2.15. The summed E-state index contributed by atoms with van der Waals surface area (Å²) in [5.41, 5.74) is 6.18. The van der Waals surface area contributed by atoms with E-state index in [1.165, 1.54) is 5.01 Å². The smallest absolute Gasteiger partial charge is 0.208 e. The highest BCUT2D eigenvalue weighted by Gasteiger charge is 1.92. The Hall–Kier alpha value is -1.11. The van der Waals surface area contributed by atoms with E-state index in [0.717, 1.165) is 5.56 Å². The topological polar surface area (TPSA) is 65.5 Å². The molecule has 0 atom stereocenters. The highest BCUT2D eigenvalue weighted by atomic mass is 127. The van der Waals surface area contributed by atoms with Crippen molar-refractivity contribution in [2.24, 2.45) is 10.8 Å². The summed E-state index contributed by atoms with van der Waals surface area (Å²) in [7, 11) is 1.63. The van der Waals surface area contributed by atoms with E-state index in [-0.39, 0.29) is 29.9 Å².